The van der Waals surface area contributed by atoms with Gasteiger partial charge < -0.3 is 11.1 Å². The molecule has 4 heteroatoms. The summed E-state index contributed by atoms with van der Waals surface area (Å²) in [5, 5.41) is 4.54. The molecule has 1 heterocycles. The fourth-order valence-corrected chi connectivity index (χ4v) is 2.95. The zero-order valence-electron chi connectivity index (χ0n) is 11.3. The molecule has 0 radical (unpaired) electrons. The van der Waals surface area contributed by atoms with E-state index in [1.54, 1.807) is 11.3 Å². The summed E-state index contributed by atoms with van der Waals surface area (Å²) in [6.07, 6.45) is 2.39. The highest BCUT2D eigenvalue weighted by Gasteiger charge is 2.08. The van der Waals surface area contributed by atoms with Crippen LogP contribution >= 0.6 is 11.3 Å². The van der Waals surface area contributed by atoms with E-state index in [1.165, 1.54) is 12.8 Å². The number of nitrogen functional groups attached to an aromatic ring is 1. The molecule has 0 saturated heterocycles. The molecule has 3 nitrogen and oxygen atoms in total. The first-order valence-electron chi connectivity index (χ1n) is 6.54. The molecule has 0 fully saturated rings. The minimum atomic E-state index is 0.706. The largest absolute Gasteiger partial charge is 0.397 e. The average molecular weight is 263 g/mol. The molecule has 1 aromatic heterocycles. The van der Waals surface area contributed by atoms with Gasteiger partial charge >= 0.3 is 0 Å². The van der Waals surface area contributed by atoms with Crippen molar-refractivity contribution in [1.29, 1.82) is 0 Å². The molecule has 0 spiro atoms. The molecule has 98 valence electrons. The number of aryl methyl sites for hydroxylation is 1. The highest BCUT2D eigenvalue weighted by atomic mass is 32.1. The number of nitrogens with two attached hydrogens (primary N) is 1. The normalized spacial score (nSPS) is 11.3. The fourth-order valence-electron chi connectivity index (χ4n) is 2.09. The van der Waals surface area contributed by atoms with Gasteiger partial charge in [0.15, 0.2) is 0 Å². The Morgan fingerprint density at radius 2 is 2.06 bits per heavy atom. The van der Waals surface area contributed by atoms with Crippen LogP contribution < -0.4 is 11.1 Å². The molecular weight excluding hydrogens is 242 g/mol. The Kier molecular flexibility index (Phi) is 4.07. The summed E-state index contributed by atoms with van der Waals surface area (Å²) in [4.78, 5) is 4.51. The van der Waals surface area contributed by atoms with Crippen molar-refractivity contribution in [2.75, 3.05) is 17.6 Å². The Hall–Kier alpha value is -1.29. The molecule has 1 aromatic carbocycles. The molecule has 0 unspecified atom stereocenters. The summed E-state index contributed by atoms with van der Waals surface area (Å²) >= 11 is 1.69. The van der Waals surface area contributed by atoms with Gasteiger partial charge in [-0.3, -0.25) is 0 Å². The van der Waals surface area contributed by atoms with Crippen molar-refractivity contribution in [3.05, 3.63) is 17.1 Å². The molecule has 2 rings (SSSR count). The van der Waals surface area contributed by atoms with Crippen LogP contribution in [0.2, 0.25) is 0 Å². The van der Waals surface area contributed by atoms with Crippen LogP contribution in [0.4, 0.5) is 11.4 Å². The Labute approximate surface area is 112 Å². The minimum absolute atomic E-state index is 0.706. The van der Waals surface area contributed by atoms with Crippen molar-refractivity contribution >= 4 is 32.9 Å². The standard InChI is InChI=1S/C14H21N3S/c1-4-10(5-2)8-16-12-7-13-14(6-11(12)15)18-9(3)17-13/h6-7,10,16H,4-5,8,15H2,1-3H3. The SMILES string of the molecule is CCC(CC)CNc1cc2nc(C)sc2cc1N. The Bertz CT molecular complexity index is 529. The predicted octanol–water partition coefficient (Wildman–Crippen LogP) is 4.04. The number of aromatic nitrogens is 1. The highest BCUT2D eigenvalue weighted by molar-refractivity contribution is 7.18. The van der Waals surface area contributed by atoms with Gasteiger partial charge in [-0.1, -0.05) is 26.7 Å². The van der Waals surface area contributed by atoms with Crippen LogP contribution in [0.1, 0.15) is 31.7 Å². The van der Waals surface area contributed by atoms with E-state index in [0.717, 1.165) is 33.1 Å². The van der Waals surface area contributed by atoms with Crippen LogP contribution in [0.15, 0.2) is 12.1 Å². The van der Waals surface area contributed by atoms with Crippen LogP contribution in [-0.2, 0) is 0 Å². The monoisotopic (exact) mass is 263 g/mol. The highest BCUT2D eigenvalue weighted by Crippen LogP contribution is 2.29. The van der Waals surface area contributed by atoms with Gasteiger partial charge in [0, 0.05) is 6.54 Å². The lowest BCUT2D eigenvalue weighted by Gasteiger charge is -2.15. The number of fused-ring (bicyclic) bond motifs is 1. The first kappa shape index (κ1) is 13.1. The van der Waals surface area contributed by atoms with E-state index < -0.39 is 0 Å². The van der Waals surface area contributed by atoms with Crippen molar-refractivity contribution in [2.24, 2.45) is 5.92 Å². The summed E-state index contributed by atoms with van der Waals surface area (Å²) < 4.78 is 1.16. The van der Waals surface area contributed by atoms with Gasteiger partial charge in [-0.25, -0.2) is 4.98 Å². The van der Waals surface area contributed by atoms with Crippen molar-refractivity contribution in [2.45, 2.75) is 33.6 Å². The van der Waals surface area contributed by atoms with Crippen LogP contribution in [0.5, 0.6) is 0 Å². The second-order valence-electron chi connectivity index (χ2n) is 4.70. The maximum atomic E-state index is 6.08. The van der Waals surface area contributed by atoms with Gasteiger partial charge in [-0.15, -0.1) is 11.3 Å². The number of anilines is 2. The number of rotatable bonds is 5. The van der Waals surface area contributed by atoms with E-state index in [4.69, 9.17) is 5.73 Å². The van der Waals surface area contributed by atoms with Crippen molar-refractivity contribution in [3.63, 3.8) is 0 Å². The molecule has 0 amide bonds. The number of hydrogen-bond donors (Lipinski definition) is 2. The lowest BCUT2D eigenvalue weighted by Crippen LogP contribution is -2.13. The van der Waals surface area contributed by atoms with Gasteiger partial charge in [0.05, 0.1) is 26.6 Å². The Morgan fingerprint density at radius 3 is 2.72 bits per heavy atom. The maximum absolute atomic E-state index is 6.08. The van der Waals surface area contributed by atoms with Gasteiger partial charge in [0.1, 0.15) is 0 Å². The smallest absolute Gasteiger partial charge is 0.0907 e. The molecule has 0 atom stereocenters. The first-order valence-corrected chi connectivity index (χ1v) is 7.36. The van der Waals surface area contributed by atoms with Gasteiger partial charge in [-0.05, 0) is 25.0 Å². The minimum Gasteiger partial charge on any atom is -0.397 e. The lowest BCUT2D eigenvalue weighted by molar-refractivity contribution is 0.519. The van der Waals surface area contributed by atoms with E-state index >= 15 is 0 Å². The van der Waals surface area contributed by atoms with Crippen LogP contribution in [0, 0.1) is 12.8 Å². The second kappa shape index (κ2) is 5.57. The maximum Gasteiger partial charge on any atom is 0.0907 e. The predicted molar refractivity (Wildman–Crippen MR) is 81.3 cm³/mol. The van der Waals surface area contributed by atoms with Crippen molar-refractivity contribution in [3.8, 4) is 0 Å². The molecular formula is C14H21N3S. The Balaban J connectivity index is 2.19. The van der Waals surface area contributed by atoms with Crippen LogP contribution in [0.3, 0.4) is 0 Å². The number of hydrogen-bond acceptors (Lipinski definition) is 4. The molecule has 0 aliphatic carbocycles. The number of thiazole rings is 1. The average Bonchev–Trinajstić information content (AvgIpc) is 2.69. The van der Waals surface area contributed by atoms with Crippen LogP contribution in [0.25, 0.3) is 10.2 Å². The number of benzene rings is 1. The fraction of sp³-hybridized carbons (Fsp3) is 0.500. The molecule has 0 bridgehead atoms. The lowest BCUT2D eigenvalue weighted by atomic mass is 10.0. The Morgan fingerprint density at radius 1 is 1.33 bits per heavy atom. The van der Waals surface area contributed by atoms with E-state index in [2.05, 4.69) is 30.2 Å². The third-order valence-corrected chi connectivity index (χ3v) is 4.34. The molecule has 2 aromatic rings. The molecule has 0 aliphatic rings. The number of nitrogens with one attached hydrogen (secondary N) is 1. The third kappa shape index (κ3) is 2.75. The molecule has 3 N–H and O–H groups in total. The van der Waals surface area contributed by atoms with Gasteiger partial charge in [-0.2, -0.15) is 0 Å². The topological polar surface area (TPSA) is 50.9 Å². The molecule has 0 saturated carbocycles. The number of nitrogens with zero attached hydrogens (tertiary/aromatic N) is 1. The van der Waals surface area contributed by atoms with Gasteiger partial charge in [0.25, 0.3) is 0 Å². The molecule has 18 heavy (non-hydrogen) atoms. The summed E-state index contributed by atoms with van der Waals surface area (Å²) in [7, 11) is 0. The van der Waals surface area contributed by atoms with Gasteiger partial charge in [0.2, 0.25) is 0 Å². The summed E-state index contributed by atoms with van der Waals surface area (Å²) in [6.45, 7) is 7.46. The summed E-state index contributed by atoms with van der Waals surface area (Å²) in [5.41, 5.74) is 8.95. The molecule has 0 aliphatic heterocycles. The first-order chi connectivity index (χ1) is 8.63. The third-order valence-electron chi connectivity index (χ3n) is 3.40. The summed E-state index contributed by atoms with van der Waals surface area (Å²) in [5.74, 6) is 0.706. The zero-order valence-corrected chi connectivity index (χ0v) is 12.1. The van der Waals surface area contributed by atoms with Crippen LogP contribution in [-0.4, -0.2) is 11.5 Å². The van der Waals surface area contributed by atoms with E-state index in [1.807, 2.05) is 13.0 Å². The summed E-state index contributed by atoms with van der Waals surface area (Å²) in [6, 6.07) is 4.09. The second-order valence-corrected chi connectivity index (χ2v) is 5.94. The van der Waals surface area contributed by atoms with Crippen molar-refractivity contribution < 1.29 is 0 Å². The van der Waals surface area contributed by atoms with E-state index in [0.29, 0.717) is 5.92 Å². The quantitative estimate of drug-likeness (QED) is 0.801. The van der Waals surface area contributed by atoms with Crippen molar-refractivity contribution in [1.82, 2.24) is 4.98 Å². The van der Waals surface area contributed by atoms with E-state index in [9.17, 15) is 0 Å². The zero-order chi connectivity index (χ0) is 13.1. The van der Waals surface area contributed by atoms with E-state index in [-0.39, 0.29) is 0 Å².